The summed E-state index contributed by atoms with van der Waals surface area (Å²) < 4.78 is 5.41. The summed E-state index contributed by atoms with van der Waals surface area (Å²) in [5, 5.41) is 6.44. The van der Waals surface area contributed by atoms with Gasteiger partial charge in [0.2, 0.25) is 5.91 Å². The van der Waals surface area contributed by atoms with E-state index in [4.69, 9.17) is 4.74 Å². The molecule has 0 saturated carbocycles. The van der Waals surface area contributed by atoms with Gasteiger partial charge >= 0.3 is 0 Å². The largest absolute Gasteiger partial charge is 0.378 e. The lowest BCUT2D eigenvalue weighted by Gasteiger charge is -2.41. The second kappa shape index (κ2) is 7.64. The van der Waals surface area contributed by atoms with Crippen LogP contribution in [0.4, 0.5) is 0 Å². The van der Waals surface area contributed by atoms with Crippen molar-refractivity contribution in [3.05, 3.63) is 35.4 Å². The minimum absolute atomic E-state index is 0.0559. The zero-order valence-electron chi connectivity index (χ0n) is 14.8. The van der Waals surface area contributed by atoms with Gasteiger partial charge in [0.15, 0.2) is 0 Å². The maximum atomic E-state index is 12.2. The van der Waals surface area contributed by atoms with Crippen molar-refractivity contribution < 1.29 is 9.53 Å². The van der Waals surface area contributed by atoms with E-state index in [1.165, 1.54) is 11.1 Å². The summed E-state index contributed by atoms with van der Waals surface area (Å²) in [5.74, 6) is 0.100. The molecule has 1 atom stereocenters. The lowest BCUT2D eigenvalue weighted by Crippen LogP contribution is -2.53. The van der Waals surface area contributed by atoms with Gasteiger partial charge in [0.05, 0.1) is 13.2 Å². The monoisotopic (exact) mass is 331 g/mol. The molecular weight excluding hydrogens is 302 g/mol. The fraction of sp³-hybridized carbons (Fsp3) is 0.632. The predicted molar refractivity (Wildman–Crippen MR) is 94.9 cm³/mol. The molecule has 0 unspecified atom stereocenters. The van der Waals surface area contributed by atoms with Crippen LogP contribution < -0.4 is 10.6 Å². The van der Waals surface area contributed by atoms with Crippen molar-refractivity contribution in [2.75, 3.05) is 32.8 Å². The van der Waals surface area contributed by atoms with Crippen LogP contribution in [0.15, 0.2) is 24.3 Å². The quantitative estimate of drug-likeness (QED) is 0.854. The Labute approximate surface area is 144 Å². The van der Waals surface area contributed by atoms with Gasteiger partial charge in [-0.1, -0.05) is 24.3 Å². The van der Waals surface area contributed by atoms with Crippen molar-refractivity contribution in [1.82, 2.24) is 15.5 Å². The van der Waals surface area contributed by atoms with Crippen LogP contribution in [0.25, 0.3) is 0 Å². The Bertz CT molecular complexity index is 567. The molecule has 1 aromatic rings. The summed E-state index contributed by atoms with van der Waals surface area (Å²) in [6, 6.07) is 8.80. The second-order valence-electron chi connectivity index (χ2n) is 7.46. The third kappa shape index (κ3) is 4.35. The zero-order chi connectivity index (χ0) is 17.0. The summed E-state index contributed by atoms with van der Waals surface area (Å²) in [6.45, 7) is 9.28. The molecule has 2 aliphatic heterocycles. The van der Waals surface area contributed by atoms with Crippen molar-refractivity contribution >= 4 is 5.91 Å². The Kier molecular flexibility index (Phi) is 5.54. The summed E-state index contributed by atoms with van der Waals surface area (Å²) in [6.07, 6.45) is 1.57. The lowest BCUT2D eigenvalue weighted by molar-refractivity contribution is -0.122. The standard InChI is InChI=1S/C19H29N3O2/c1-19(2,14-21-18(23)11-17-13-24-10-8-20-17)22-9-7-15-5-3-4-6-16(15)12-22/h3-6,17,20H,7-14H2,1-2H3,(H,21,23)/t17-/m0/s1. The summed E-state index contributed by atoms with van der Waals surface area (Å²) in [5.41, 5.74) is 2.81. The van der Waals surface area contributed by atoms with Gasteiger partial charge in [-0.3, -0.25) is 9.69 Å². The number of carbonyl (C=O) groups excluding carboxylic acids is 1. The van der Waals surface area contributed by atoms with Crippen molar-refractivity contribution in [1.29, 1.82) is 0 Å². The van der Waals surface area contributed by atoms with Crippen LogP contribution in [0.3, 0.4) is 0 Å². The first-order valence-electron chi connectivity index (χ1n) is 8.94. The highest BCUT2D eigenvalue weighted by Gasteiger charge is 2.30. The third-order valence-electron chi connectivity index (χ3n) is 5.14. The van der Waals surface area contributed by atoms with E-state index in [-0.39, 0.29) is 17.5 Å². The van der Waals surface area contributed by atoms with Crippen LogP contribution in [-0.2, 0) is 22.5 Å². The average molecular weight is 331 g/mol. The van der Waals surface area contributed by atoms with Crippen LogP contribution in [0.5, 0.6) is 0 Å². The molecule has 132 valence electrons. The number of nitrogens with zero attached hydrogens (tertiary/aromatic N) is 1. The first kappa shape index (κ1) is 17.4. The molecular formula is C19H29N3O2. The number of fused-ring (bicyclic) bond motifs is 1. The topological polar surface area (TPSA) is 53.6 Å². The number of amides is 1. The summed E-state index contributed by atoms with van der Waals surface area (Å²) in [7, 11) is 0. The molecule has 5 heteroatoms. The third-order valence-corrected chi connectivity index (χ3v) is 5.14. The van der Waals surface area contributed by atoms with E-state index in [1.54, 1.807) is 0 Å². The molecule has 5 nitrogen and oxygen atoms in total. The smallest absolute Gasteiger partial charge is 0.221 e. The molecule has 0 spiro atoms. The lowest BCUT2D eigenvalue weighted by atomic mass is 9.94. The number of rotatable bonds is 5. The number of carbonyl (C=O) groups is 1. The molecule has 1 saturated heterocycles. The number of hydrogen-bond donors (Lipinski definition) is 2. The van der Waals surface area contributed by atoms with Crippen molar-refractivity contribution in [2.45, 2.75) is 44.8 Å². The van der Waals surface area contributed by atoms with E-state index in [2.05, 4.69) is 53.6 Å². The van der Waals surface area contributed by atoms with Crippen LogP contribution >= 0.6 is 0 Å². The zero-order valence-corrected chi connectivity index (χ0v) is 14.8. The van der Waals surface area contributed by atoms with E-state index < -0.39 is 0 Å². The Hall–Kier alpha value is -1.43. The minimum atomic E-state index is -0.0559. The molecule has 2 N–H and O–H groups in total. The number of nitrogens with one attached hydrogen (secondary N) is 2. The molecule has 0 bridgehead atoms. The molecule has 0 radical (unpaired) electrons. The number of ether oxygens (including phenoxy) is 1. The molecule has 1 fully saturated rings. The molecule has 24 heavy (non-hydrogen) atoms. The molecule has 1 amide bonds. The Morgan fingerprint density at radius 3 is 2.92 bits per heavy atom. The van der Waals surface area contributed by atoms with Gasteiger partial charge in [-0.25, -0.2) is 0 Å². The molecule has 1 aromatic carbocycles. The fourth-order valence-corrected chi connectivity index (χ4v) is 3.49. The Morgan fingerprint density at radius 1 is 1.38 bits per heavy atom. The van der Waals surface area contributed by atoms with Crippen molar-refractivity contribution in [3.8, 4) is 0 Å². The van der Waals surface area contributed by atoms with E-state index in [0.717, 1.165) is 32.7 Å². The van der Waals surface area contributed by atoms with Crippen LogP contribution in [0, 0.1) is 0 Å². The number of hydrogen-bond acceptors (Lipinski definition) is 4. The highest BCUT2D eigenvalue weighted by molar-refractivity contribution is 5.76. The van der Waals surface area contributed by atoms with Gasteiger partial charge < -0.3 is 15.4 Å². The molecule has 3 rings (SSSR count). The molecule has 2 heterocycles. The van der Waals surface area contributed by atoms with Gasteiger partial charge in [-0.2, -0.15) is 0 Å². The normalized spacial score (nSPS) is 22.0. The first-order valence-corrected chi connectivity index (χ1v) is 8.94. The number of benzene rings is 1. The minimum Gasteiger partial charge on any atom is -0.378 e. The Balaban J connectivity index is 1.49. The van der Waals surface area contributed by atoms with Crippen molar-refractivity contribution in [3.63, 3.8) is 0 Å². The fourth-order valence-electron chi connectivity index (χ4n) is 3.49. The highest BCUT2D eigenvalue weighted by atomic mass is 16.5. The summed E-state index contributed by atoms with van der Waals surface area (Å²) >= 11 is 0. The van der Waals surface area contributed by atoms with Gasteiger partial charge in [0.1, 0.15) is 0 Å². The molecule has 0 aromatic heterocycles. The predicted octanol–water partition coefficient (Wildman–Crippen LogP) is 1.32. The van der Waals surface area contributed by atoms with Crippen LogP contribution in [-0.4, -0.2) is 55.2 Å². The maximum absolute atomic E-state index is 12.2. The highest BCUT2D eigenvalue weighted by Crippen LogP contribution is 2.24. The molecule has 0 aliphatic carbocycles. The summed E-state index contributed by atoms with van der Waals surface area (Å²) in [4.78, 5) is 14.7. The van der Waals surface area contributed by atoms with Gasteiger partial charge in [0, 0.05) is 44.2 Å². The van der Waals surface area contributed by atoms with Crippen molar-refractivity contribution in [2.24, 2.45) is 0 Å². The first-order chi connectivity index (χ1) is 11.5. The molecule has 2 aliphatic rings. The maximum Gasteiger partial charge on any atom is 0.221 e. The van der Waals surface area contributed by atoms with Crippen LogP contribution in [0.2, 0.25) is 0 Å². The average Bonchev–Trinajstić information content (AvgIpc) is 2.60. The van der Waals surface area contributed by atoms with E-state index in [0.29, 0.717) is 19.6 Å². The van der Waals surface area contributed by atoms with E-state index >= 15 is 0 Å². The van der Waals surface area contributed by atoms with Gasteiger partial charge in [0.25, 0.3) is 0 Å². The SMILES string of the molecule is CC(C)(CNC(=O)C[C@H]1COCCN1)N1CCc2ccccc2C1. The van der Waals surface area contributed by atoms with Crippen LogP contribution in [0.1, 0.15) is 31.4 Å². The van der Waals surface area contributed by atoms with Gasteiger partial charge in [-0.05, 0) is 31.4 Å². The van der Waals surface area contributed by atoms with E-state index in [1.807, 2.05) is 0 Å². The number of morpholine rings is 1. The van der Waals surface area contributed by atoms with Gasteiger partial charge in [-0.15, -0.1) is 0 Å². The Morgan fingerprint density at radius 2 is 2.17 bits per heavy atom. The second-order valence-corrected chi connectivity index (χ2v) is 7.46. The van der Waals surface area contributed by atoms with E-state index in [9.17, 15) is 4.79 Å².